The summed E-state index contributed by atoms with van der Waals surface area (Å²) in [6.07, 6.45) is 4.69. The van der Waals surface area contributed by atoms with Crippen molar-refractivity contribution in [3.63, 3.8) is 0 Å². The first-order chi connectivity index (χ1) is 9.58. The number of unbranched alkanes of at least 4 members (excludes halogenated alkanes) is 1. The summed E-state index contributed by atoms with van der Waals surface area (Å²) in [5, 5.41) is 2.87. The second-order valence-corrected chi connectivity index (χ2v) is 4.89. The number of rotatable bonds is 8. The highest BCUT2D eigenvalue weighted by atomic mass is 16.5. The summed E-state index contributed by atoms with van der Waals surface area (Å²) in [4.78, 5) is 20.2. The van der Waals surface area contributed by atoms with E-state index in [1.165, 1.54) is 0 Å². The molecule has 0 saturated heterocycles. The molecule has 112 valence electrons. The summed E-state index contributed by atoms with van der Waals surface area (Å²) in [5.74, 6) is 0.980. The highest BCUT2D eigenvalue weighted by Gasteiger charge is 2.12. The number of hydrogen-bond donors (Lipinski definition) is 2. The van der Waals surface area contributed by atoms with Crippen LogP contribution in [0.5, 0.6) is 0 Å². The zero-order chi connectivity index (χ0) is 15.0. The van der Waals surface area contributed by atoms with Crippen LogP contribution in [0.3, 0.4) is 0 Å². The lowest BCUT2D eigenvalue weighted by atomic mass is 10.0. The number of aromatic nitrogens is 2. The first kappa shape index (κ1) is 16.4. The van der Waals surface area contributed by atoms with E-state index in [4.69, 9.17) is 10.5 Å². The number of anilines is 1. The summed E-state index contributed by atoms with van der Waals surface area (Å²) in [7, 11) is 1.57. The number of nitrogen functional groups attached to an aromatic ring is 1. The quantitative estimate of drug-likeness (QED) is 0.755. The minimum absolute atomic E-state index is 0.0184. The van der Waals surface area contributed by atoms with Gasteiger partial charge in [-0.3, -0.25) is 4.79 Å². The fraction of sp³-hybridized carbons (Fsp3) is 0.643. The third-order valence-electron chi connectivity index (χ3n) is 3.11. The number of hydrogen-bond acceptors (Lipinski definition) is 5. The van der Waals surface area contributed by atoms with Gasteiger partial charge in [-0.1, -0.05) is 26.7 Å². The number of nitrogens with zero attached hydrogens (tertiary/aromatic N) is 2. The molecule has 3 N–H and O–H groups in total. The van der Waals surface area contributed by atoms with Gasteiger partial charge < -0.3 is 15.8 Å². The number of nitrogens with two attached hydrogens (primary N) is 1. The second-order valence-electron chi connectivity index (χ2n) is 4.89. The van der Waals surface area contributed by atoms with Gasteiger partial charge in [0, 0.05) is 31.3 Å². The van der Waals surface area contributed by atoms with Crippen molar-refractivity contribution in [1.29, 1.82) is 0 Å². The molecule has 0 unspecified atom stereocenters. The van der Waals surface area contributed by atoms with Crippen LogP contribution in [-0.4, -0.2) is 23.0 Å². The molecule has 0 bridgehead atoms. The van der Waals surface area contributed by atoms with Crippen molar-refractivity contribution in [1.82, 2.24) is 15.3 Å². The summed E-state index contributed by atoms with van der Waals surface area (Å²) in [5.41, 5.74) is 6.56. The van der Waals surface area contributed by atoms with Gasteiger partial charge in [-0.25, -0.2) is 9.97 Å². The van der Waals surface area contributed by atoms with Gasteiger partial charge in [0.15, 0.2) is 5.82 Å². The van der Waals surface area contributed by atoms with Gasteiger partial charge in [0.05, 0.1) is 0 Å². The van der Waals surface area contributed by atoms with Crippen LogP contribution in [0.4, 0.5) is 5.82 Å². The second kappa shape index (κ2) is 8.47. The van der Waals surface area contributed by atoms with Gasteiger partial charge in [0.1, 0.15) is 12.4 Å². The Hall–Kier alpha value is -1.69. The van der Waals surface area contributed by atoms with E-state index in [0.29, 0.717) is 24.8 Å². The first-order valence-electron chi connectivity index (χ1n) is 6.95. The molecule has 20 heavy (non-hydrogen) atoms. The average Bonchev–Trinajstić information content (AvgIpc) is 2.43. The SMILES string of the molecule is CCCC[C@H](C)C(=O)NCc1cnc(COC)nc1N. The lowest BCUT2D eigenvalue weighted by Crippen LogP contribution is -2.29. The van der Waals surface area contributed by atoms with Crippen molar-refractivity contribution in [2.45, 2.75) is 46.3 Å². The fourth-order valence-corrected chi connectivity index (χ4v) is 1.79. The molecule has 6 heteroatoms. The third kappa shape index (κ3) is 5.13. The van der Waals surface area contributed by atoms with E-state index in [0.717, 1.165) is 24.8 Å². The van der Waals surface area contributed by atoms with E-state index in [-0.39, 0.29) is 11.8 Å². The van der Waals surface area contributed by atoms with Crippen LogP contribution in [0.15, 0.2) is 6.20 Å². The molecule has 0 aromatic carbocycles. The van der Waals surface area contributed by atoms with Gasteiger partial charge >= 0.3 is 0 Å². The van der Waals surface area contributed by atoms with Crippen LogP contribution in [0.1, 0.15) is 44.5 Å². The van der Waals surface area contributed by atoms with Crippen LogP contribution in [0, 0.1) is 5.92 Å². The molecule has 1 aromatic heterocycles. The van der Waals surface area contributed by atoms with Gasteiger partial charge in [-0.2, -0.15) is 0 Å². The van der Waals surface area contributed by atoms with Crippen LogP contribution >= 0.6 is 0 Å². The molecule has 0 aliphatic carbocycles. The predicted molar refractivity (Wildman–Crippen MR) is 77.7 cm³/mol. The molecule has 0 fully saturated rings. The molecule has 0 saturated carbocycles. The largest absolute Gasteiger partial charge is 0.383 e. The van der Waals surface area contributed by atoms with Crippen molar-refractivity contribution in [3.8, 4) is 0 Å². The highest BCUT2D eigenvalue weighted by molar-refractivity contribution is 5.78. The first-order valence-corrected chi connectivity index (χ1v) is 6.95. The van der Waals surface area contributed by atoms with E-state index in [1.54, 1.807) is 13.3 Å². The standard InChI is InChI=1S/C14H24N4O2/c1-4-5-6-10(2)14(19)17-8-11-7-16-12(9-20-3)18-13(11)15/h7,10H,4-6,8-9H2,1-3H3,(H,17,19)(H2,15,16,18)/t10-/m0/s1. The number of amides is 1. The maximum atomic E-state index is 11.9. The van der Waals surface area contributed by atoms with Crippen LogP contribution in [0.2, 0.25) is 0 Å². The van der Waals surface area contributed by atoms with Crippen molar-refractivity contribution in [3.05, 3.63) is 17.6 Å². The normalized spacial score (nSPS) is 12.2. The number of carbonyl (C=O) groups excluding carboxylic acids is 1. The molecule has 0 aliphatic rings. The monoisotopic (exact) mass is 280 g/mol. The Labute approximate surface area is 120 Å². The summed E-state index contributed by atoms with van der Waals surface area (Å²) in [6.45, 7) is 4.73. The number of ether oxygens (including phenoxy) is 1. The Bertz CT molecular complexity index is 437. The van der Waals surface area contributed by atoms with Gasteiger partial charge in [-0.05, 0) is 6.42 Å². The summed E-state index contributed by atoms with van der Waals surface area (Å²) >= 11 is 0. The van der Waals surface area contributed by atoms with Crippen LogP contribution in [0.25, 0.3) is 0 Å². The molecule has 1 amide bonds. The molecule has 1 rings (SSSR count). The van der Waals surface area contributed by atoms with Crippen LogP contribution in [-0.2, 0) is 22.7 Å². The minimum Gasteiger partial charge on any atom is -0.383 e. The van der Waals surface area contributed by atoms with Crippen molar-refractivity contribution < 1.29 is 9.53 Å². The maximum Gasteiger partial charge on any atom is 0.223 e. The van der Waals surface area contributed by atoms with E-state index in [2.05, 4.69) is 22.2 Å². The molecular formula is C14H24N4O2. The number of carbonyl (C=O) groups is 1. The Morgan fingerprint density at radius 3 is 2.90 bits per heavy atom. The maximum absolute atomic E-state index is 11.9. The third-order valence-corrected chi connectivity index (χ3v) is 3.11. The molecule has 1 atom stereocenters. The number of nitrogens with one attached hydrogen (secondary N) is 1. The van der Waals surface area contributed by atoms with Crippen molar-refractivity contribution in [2.75, 3.05) is 12.8 Å². The predicted octanol–water partition coefficient (Wildman–Crippen LogP) is 1.65. The molecular weight excluding hydrogens is 256 g/mol. The lowest BCUT2D eigenvalue weighted by molar-refractivity contribution is -0.124. The van der Waals surface area contributed by atoms with Gasteiger partial charge in [-0.15, -0.1) is 0 Å². The molecule has 1 aromatic rings. The van der Waals surface area contributed by atoms with Crippen molar-refractivity contribution >= 4 is 11.7 Å². The van der Waals surface area contributed by atoms with Gasteiger partial charge in [0.2, 0.25) is 5.91 Å². The zero-order valence-electron chi connectivity index (χ0n) is 12.5. The average molecular weight is 280 g/mol. The number of methoxy groups -OCH3 is 1. The highest BCUT2D eigenvalue weighted by Crippen LogP contribution is 2.10. The molecule has 0 radical (unpaired) electrons. The Balaban J connectivity index is 2.50. The van der Waals surface area contributed by atoms with E-state index in [9.17, 15) is 4.79 Å². The van der Waals surface area contributed by atoms with E-state index in [1.807, 2.05) is 6.92 Å². The van der Waals surface area contributed by atoms with Crippen LogP contribution < -0.4 is 11.1 Å². The lowest BCUT2D eigenvalue weighted by Gasteiger charge is -2.12. The van der Waals surface area contributed by atoms with E-state index >= 15 is 0 Å². The fourth-order valence-electron chi connectivity index (χ4n) is 1.79. The molecule has 0 spiro atoms. The Morgan fingerprint density at radius 1 is 1.55 bits per heavy atom. The zero-order valence-corrected chi connectivity index (χ0v) is 12.5. The molecule has 1 heterocycles. The summed E-state index contributed by atoms with van der Waals surface area (Å²) in [6, 6.07) is 0. The topological polar surface area (TPSA) is 90.1 Å². The van der Waals surface area contributed by atoms with E-state index < -0.39 is 0 Å². The minimum atomic E-state index is 0.0184. The molecule has 6 nitrogen and oxygen atoms in total. The smallest absolute Gasteiger partial charge is 0.223 e. The summed E-state index contributed by atoms with van der Waals surface area (Å²) < 4.78 is 4.94. The van der Waals surface area contributed by atoms with Crippen molar-refractivity contribution in [2.24, 2.45) is 5.92 Å². The molecule has 0 aliphatic heterocycles. The Kier molecular flexibility index (Phi) is 6.93. The van der Waals surface area contributed by atoms with Gasteiger partial charge in [0.25, 0.3) is 0 Å². The Morgan fingerprint density at radius 2 is 2.30 bits per heavy atom.